The number of carbonyl (C=O) groups is 4. The summed E-state index contributed by atoms with van der Waals surface area (Å²) in [5.74, 6) is 0.357. The predicted octanol–water partition coefficient (Wildman–Crippen LogP) is 3.09. The van der Waals surface area contributed by atoms with Gasteiger partial charge in [0, 0.05) is 30.0 Å². The van der Waals surface area contributed by atoms with Gasteiger partial charge in [-0.15, -0.1) is 11.3 Å². The molecule has 190 valence electrons. The van der Waals surface area contributed by atoms with Crippen LogP contribution >= 0.6 is 11.3 Å². The first-order valence-corrected chi connectivity index (χ1v) is 13.2. The Bertz CT molecular complexity index is 1220. The molecule has 1 saturated heterocycles. The van der Waals surface area contributed by atoms with Gasteiger partial charge >= 0.3 is 6.09 Å². The number of nitrogens with one attached hydrogen (secondary N) is 2. The molecule has 9 nitrogen and oxygen atoms in total. The summed E-state index contributed by atoms with van der Waals surface area (Å²) in [6.07, 6.45) is 3.19. The van der Waals surface area contributed by atoms with Crippen LogP contribution in [0.5, 0.6) is 0 Å². The van der Waals surface area contributed by atoms with Gasteiger partial charge in [-0.2, -0.15) is 0 Å². The second-order valence-electron chi connectivity index (χ2n) is 10.0. The monoisotopic (exact) mass is 510 g/mol. The molecular formula is C26H30N4O5S. The first kappa shape index (κ1) is 24.4. The van der Waals surface area contributed by atoms with E-state index in [-0.39, 0.29) is 31.4 Å². The summed E-state index contributed by atoms with van der Waals surface area (Å²) in [4.78, 5) is 56.4. The lowest BCUT2D eigenvalue weighted by Crippen LogP contribution is -2.52. The fourth-order valence-electron chi connectivity index (χ4n) is 5.15. The number of aromatic nitrogens is 1. The van der Waals surface area contributed by atoms with Crippen LogP contribution in [-0.2, 0) is 46.9 Å². The van der Waals surface area contributed by atoms with Crippen LogP contribution in [0.25, 0.3) is 0 Å². The van der Waals surface area contributed by atoms with Crippen LogP contribution in [-0.4, -0.2) is 39.7 Å². The number of amides is 4. The summed E-state index contributed by atoms with van der Waals surface area (Å²) in [6, 6.07) is 4.78. The zero-order chi connectivity index (χ0) is 25.4. The van der Waals surface area contributed by atoms with E-state index in [1.54, 1.807) is 17.4 Å². The van der Waals surface area contributed by atoms with Gasteiger partial charge in [0.05, 0.1) is 5.69 Å². The number of alkyl carbamates (subject to hydrolysis) is 1. The summed E-state index contributed by atoms with van der Waals surface area (Å²) >= 11 is 1.63. The molecule has 5 rings (SSSR count). The second-order valence-corrected chi connectivity index (χ2v) is 11.2. The molecule has 2 unspecified atom stereocenters. The van der Waals surface area contributed by atoms with E-state index in [0.717, 1.165) is 41.1 Å². The van der Waals surface area contributed by atoms with Crippen LogP contribution in [0.3, 0.4) is 0 Å². The summed E-state index contributed by atoms with van der Waals surface area (Å²) in [5.41, 5.74) is 3.24. The number of hydrogen-bond acceptors (Lipinski definition) is 7. The SMILES string of the molecule is CC(C)C1CCc2nc(COC(=O)NCc3ccc4c(c3)C(=O)N(C3CCC(=O)NC3=O)C4)sc2C1. The first-order valence-electron chi connectivity index (χ1n) is 12.4. The maximum Gasteiger partial charge on any atom is 0.407 e. The normalized spacial score (nSPS) is 21.3. The number of aryl methyl sites for hydroxylation is 1. The van der Waals surface area contributed by atoms with Crippen molar-refractivity contribution in [2.75, 3.05) is 0 Å². The molecule has 2 aliphatic heterocycles. The van der Waals surface area contributed by atoms with E-state index in [4.69, 9.17) is 4.74 Å². The Balaban J connectivity index is 1.13. The van der Waals surface area contributed by atoms with Crippen molar-refractivity contribution in [2.45, 2.75) is 71.7 Å². The lowest BCUT2D eigenvalue weighted by Gasteiger charge is -2.29. The smallest absolute Gasteiger partial charge is 0.407 e. The highest BCUT2D eigenvalue weighted by Crippen LogP contribution is 2.33. The van der Waals surface area contributed by atoms with Gasteiger partial charge in [-0.3, -0.25) is 19.7 Å². The molecule has 4 amide bonds. The van der Waals surface area contributed by atoms with Crippen molar-refractivity contribution in [3.05, 3.63) is 50.5 Å². The molecule has 0 saturated carbocycles. The maximum atomic E-state index is 13.0. The number of piperidine rings is 1. The lowest BCUT2D eigenvalue weighted by molar-refractivity contribution is -0.136. The Morgan fingerprint density at radius 2 is 2.08 bits per heavy atom. The van der Waals surface area contributed by atoms with Crippen LogP contribution in [0.1, 0.15) is 70.2 Å². The van der Waals surface area contributed by atoms with Crippen molar-refractivity contribution < 1.29 is 23.9 Å². The van der Waals surface area contributed by atoms with Gasteiger partial charge < -0.3 is 15.0 Å². The fraction of sp³-hybridized carbons (Fsp3) is 0.500. The number of nitrogens with zero attached hydrogens (tertiary/aromatic N) is 2. The number of fused-ring (bicyclic) bond motifs is 2. The molecule has 2 atom stereocenters. The minimum absolute atomic E-state index is 0.138. The topological polar surface area (TPSA) is 118 Å². The molecule has 0 radical (unpaired) electrons. The van der Waals surface area contributed by atoms with E-state index in [1.165, 1.54) is 9.78 Å². The molecule has 2 aromatic rings. The third-order valence-corrected chi connectivity index (χ3v) is 8.41. The van der Waals surface area contributed by atoms with Gasteiger partial charge in [0.1, 0.15) is 17.7 Å². The molecular weight excluding hydrogens is 480 g/mol. The van der Waals surface area contributed by atoms with Crippen molar-refractivity contribution in [1.82, 2.24) is 20.5 Å². The fourth-order valence-corrected chi connectivity index (χ4v) is 6.27. The van der Waals surface area contributed by atoms with Crippen LogP contribution in [0.15, 0.2) is 18.2 Å². The molecule has 0 bridgehead atoms. The molecule has 3 aliphatic rings. The number of ether oxygens (including phenoxy) is 1. The van der Waals surface area contributed by atoms with Gasteiger partial charge in [-0.1, -0.05) is 26.0 Å². The number of hydrogen-bond donors (Lipinski definition) is 2. The molecule has 1 aromatic carbocycles. The number of carbonyl (C=O) groups excluding carboxylic acids is 4. The second kappa shape index (κ2) is 10.0. The lowest BCUT2D eigenvalue weighted by atomic mass is 9.83. The zero-order valence-electron chi connectivity index (χ0n) is 20.5. The molecule has 0 spiro atoms. The van der Waals surface area contributed by atoms with Crippen molar-refractivity contribution in [1.29, 1.82) is 0 Å². The van der Waals surface area contributed by atoms with Gasteiger partial charge in [0.15, 0.2) is 0 Å². The largest absolute Gasteiger partial charge is 0.442 e. The van der Waals surface area contributed by atoms with Crippen molar-refractivity contribution in [2.24, 2.45) is 11.8 Å². The highest BCUT2D eigenvalue weighted by molar-refractivity contribution is 7.11. The van der Waals surface area contributed by atoms with Crippen molar-refractivity contribution in [3.8, 4) is 0 Å². The van der Waals surface area contributed by atoms with E-state index >= 15 is 0 Å². The summed E-state index contributed by atoms with van der Waals surface area (Å²) in [6.45, 7) is 5.19. The predicted molar refractivity (Wildman–Crippen MR) is 132 cm³/mol. The van der Waals surface area contributed by atoms with Crippen LogP contribution in [0.2, 0.25) is 0 Å². The van der Waals surface area contributed by atoms with Crippen molar-refractivity contribution in [3.63, 3.8) is 0 Å². The molecule has 2 N–H and O–H groups in total. The minimum atomic E-state index is -0.646. The Morgan fingerprint density at radius 3 is 2.86 bits per heavy atom. The van der Waals surface area contributed by atoms with E-state index in [9.17, 15) is 19.2 Å². The molecule has 1 aliphatic carbocycles. The Kier molecular flexibility index (Phi) is 6.79. The maximum absolute atomic E-state index is 13.0. The van der Waals surface area contributed by atoms with Crippen LogP contribution in [0.4, 0.5) is 4.79 Å². The Morgan fingerprint density at radius 1 is 1.25 bits per heavy atom. The van der Waals surface area contributed by atoms with Crippen molar-refractivity contribution >= 4 is 35.2 Å². The first-order chi connectivity index (χ1) is 17.3. The summed E-state index contributed by atoms with van der Waals surface area (Å²) < 4.78 is 5.38. The van der Waals surface area contributed by atoms with E-state index < -0.39 is 18.0 Å². The molecule has 1 aromatic heterocycles. The van der Waals surface area contributed by atoms with E-state index in [0.29, 0.717) is 30.4 Å². The highest BCUT2D eigenvalue weighted by Gasteiger charge is 2.39. The quantitative estimate of drug-likeness (QED) is 0.577. The molecule has 3 heterocycles. The van der Waals surface area contributed by atoms with Crippen LogP contribution < -0.4 is 10.6 Å². The third-order valence-electron chi connectivity index (χ3n) is 7.32. The molecule has 36 heavy (non-hydrogen) atoms. The van der Waals surface area contributed by atoms with Gasteiger partial charge in [0.2, 0.25) is 11.8 Å². The summed E-state index contributed by atoms with van der Waals surface area (Å²) in [7, 11) is 0. The summed E-state index contributed by atoms with van der Waals surface area (Å²) in [5, 5.41) is 5.86. The Hall–Kier alpha value is -3.27. The van der Waals surface area contributed by atoms with Gasteiger partial charge in [-0.05, 0) is 54.7 Å². The van der Waals surface area contributed by atoms with Gasteiger partial charge in [0.25, 0.3) is 5.91 Å². The number of thiazole rings is 1. The van der Waals surface area contributed by atoms with E-state index in [2.05, 4.69) is 29.5 Å². The van der Waals surface area contributed by atoms with E-state index in [1.807, 2.05) is 12.1 Å². The molecule has 10 heteroatoms. The van der Waals surface area contributed by atoms with Crippen LogP contribution in [0, 0.1) is 11.8 Å². The minimum Gasteiger partial charge on any atom is -0.442 e. The number of imide groups is 1. The third kappa shape index (κ3) is 5.00. The van der Waals surface area contributed by atoms with Gasteiger partial charge in [-0.25, -0.2) is 9.78 Å². The Labute approximate surface area is 213 Å². The average molecular weight is 511 g/mol. The standard InChI is InChI=1S/C26H30N4O5S/c1-14(2)16-5-6-19-21(10-16)36-23(28-19)13-35-26(34)27-11-15-3-4-17-12-30(25(33)18(17)9-15)20-7-8-22(31)29-24(20)32/h3-4,9,14,16,20H,5-8,10-13H2,1-2H3,(H,27,34)(H,29,31,32). The zero-order valence-corrected chi connectivity index (χ0v) is 21.3. The molecule has 1 fully saturated rings. The highest BCUT2D eigenvalue weighted by atomic mass is 32.1. The number of benzene rings is 1. The number of rotatable bonds is 6. The average Bonchev–Trinajstić information content (AvgIpc) is 3.41.